The third kappa shape index (κ3) is 5.90. The molecule has 3 aromatic rings. The summed E-state index contributed by atoms with van der Waals surface area (Å²) in [6, 6.07) is 15.1. The zero-order valence-electron chi connectivity index (χ0n) is 21.9. The normalized spacial score (nSPS) is 19.0. The Morgan fingerprint density at radius 2 is 1.90 bits per heavy atom. The van der Waals surface area contributed by atoms with Crippen molar-refractivity contribution in [2.75, 3.05) is 37.3 Å². The number of piperazine rings is 1. The second-order valence-corrected chi connectivity index (χ2v) is 11.6. The Bertz CT molecular complexity index is 1550. The van der Waals surface area contributed by atoms with Crippen LogP contribution in [0.4, 0.5) is 15.0 Å². The van der Waals surface area contributed by atoms with Crippen LogP contribution in [0.5, 0.6) is 0 Å². The number of nitrogens with zero attached hydrogens (tertiary/aromatic N) is 5. The Kier molecular flexibility index (Phi) is 7.95. The predicted octanol–water partition coefficient (Wildman–Crippen LogP) is 3.58. The van der Waals surface area contributed by atoms with E-state index in [0.717, 1.165) is 11.8 Å². The summed E-state index contributed by atoms with van der Waals surface area (Å²) in [7, 11) is -3.77. The number of hydrogen-bond acceptors (Lipinski definition) is 8. The van der Waals surface area contributed by atoms with E-state index in [1.165, 1.54) is 11.0 Å². The SMILES string of the molecule is [C-]#[N+]C[C@H]1CN(c2nc(S(C)(=O)=O)nc3c2COC(c2ccccc2F)C3)CCN1C(=O)OCc1ccccc1. The topological polar surface area (TPSA) is 106 Å². The Morgan fingerprint density at radius 1 is 1.15 bits per heavy atom. The fourth-order valence-corrected chi connectivity index (χ4v) is 5.47. The lowest BCUT2D eigenvalue weighted by Gasteiger charge is -2.40. The van der Waals surface area contributed by atoms with Gasteiger partial charge in [-0.1, -0.05) is 48.5 Å². The lowest BCUT2D eigenvalue weighted by molar-refractivity contribution is 0.0233. The zero-order chi connectivity index (χ0) is 28.3. The minimum Gasteiger partial charge on any atom is -0.445 e. The standard InChI is InChI=1S/C28H28FN5O5S/c1-30-15-20-16-33(12-13-34(20)28(35)39-17-19-8-4-3-5-9-19)26-22-18-38-25(21-10-6-7-11-23(21)29)14-24(22)31-27(32-26)40(2,36)37/h3-11,20,25H,12-18H2,2H3/t20-,25?/m0/s1. The number of carbonyl (C=O) groups is 1. The molecule has 0 saturated carbocycles. The molecule has 3 heterocycles. The first-order valence-corrected chi connectivity index (χ1v) is 14.6. The molecule has 10 nitrogen and oxygen atoms in total. The van der Waals surface area contributed by atoms with Crippen LogP contribution in [0, 0.1) is 12.4 Å². The minimum atomic E-state index is -3.77. The second kappa shape index (κ2) is 11.6. The highest BCUT2D eigenvalue weighted by molar-refractivity contribution is 7.90. The summed E-state index contributed by atoms with van der Waals surface area (Å²) in [5.74, 6) is -0.0319. The van der Waals surface area contributed by atoms with Gasteiger partial charge in [-0.25, -0.2) is 34.1 Å². The van der Waals surface area contributed by atoms with Gasteiger partial charge in [0.2, 0.25) is 21.5 Å². The van der Waals surface area contributed by atoms with Gasteiger partial charge in [-0.3, -0.25) is 4.90 Å². The molecule has 2 atom stereocenters. The highest BCUT2D eigenvalue weighted by Gasteiger charge is 2.37. The maximum absolute atomic E-state index is 14.5. The van der Waals surface area contributed by atoms with Crippen LogP contribution < -0.4 is 4.90 Å². The monoisotopic (exact) mass is 565 g/mol. The second-order valence-electron chi connectivity index (χ2n) is 9.73. The number of sulfone groups is 1. The summed E-state index contributed by atoms with van der Waals surface area (Å²) in [5, 5.41) is -0.332. The van der Waals surface area contributed by atoms with E-state index in [4.69, 9.17) is 16.0 Å². The van der Waals surface area contributed by atoms with E-state index >= 15 is 0 Å². The summed E-state index contributed by atoms with van der Waals surface area (Å²) in [6.07, 6.45) is 0.0601. The third-order valence-electron chi connectivity index (χ3n) is 6.97. The fourth-order valence-electron chi connectivity index (χ4n) is 4.95. The van der Waals surface area contributed by atoms with Crippen molar-refractivity contribution in [3.05, 3.63) is 94.2 Å². The molecule has 0 bridgehead atoms. The summed E-state index contributed by atoms with van der Waals surface area (Å²) >= 11 is 0. The molecule has 0 aliphatic carbocycles. The summed E-state index contributed by atoms with van der Waals surface area (Å²) in [5.41, 5.74) is 2.30. The summed E-state index contributed by atoms with van der Waals surface area (Å²) < 4.78 is 51.0. The molecule has 2 aliphatic rings. The average Bonchev–Trinajstić information content (AvgIpc) is 2.95. The molecule has 0 spiro atoms. The van der Waals surface area contributed by atoms with Gasteiger partial charge in [0, 0.05) is 43.4 Å². The maximum Gasteiger partial charge on any atom is 0.410 e. The van der Waals surface area contributed by atoms with Crippen LogP contribution >= 0.6 is 0 Å². The van der Waals surface area contributed by atoms with E-state index in [9.17, 15) is 17.6 Å². The molecule has 0 radical (unpaired) electrons. The van der Waals surface area contributed by atoms with Crippen molar-refractivity contribution in [3.8, 4) is 0 Å². The van der Waals surface area contributed by atoms with Crippen LogP contribution in [0.3, 0.4) is 0 Å². The third-order valence-corrected chi connectivity index (χ3v) is 7.81. The lowest BCUT2D eigenvalue weighted by Crippen LogP contribution is -2.57. The molecule has 1 fully saturated rings. The molecular formula is C28H28FN5O5S. The molecule has 2 aromatic carbocycles. The highest BCUT2D eigenvalue weighted by Crippen LogP contribution is 2.36. The molecule has 1 aromatic heterocycles. The first kappa shape index (κ1) is 27.5. The van der Waals surface area contributed by atoms with E-state index in [-0.39, 0.29) is 44.4 Å². The van der Waals surface area contributed by atoms with Gasteiger partial charge in [-0.05, 0) is 11.6 Å². The summed E-state index contributed by atoms with van der Waals surface area (Å²) in [4.78, 5) is 28.6. The number of halogens is 1. The van der Waals surface area contributed by atoms with Gasteiger partial charge >= 0.3 is 6.09 Å². The number of hydrogen-bond donors (Lipinski definition) is 0. The quantitative estimate of drug-likeness (QED) is 0.330. The van der Waals surface area contributed by atoms with E-state index in [0.29, 0.717) is 29.2 Å². The van der Waals surface area contributed by atoms with Gasteiger partial charge in [-0.2, -0.15) is 0 Å². The molecule has 40 heavy (non-hydrogen) atoms. The van der Waals surface area contributed by atoms with Gasteiger partial charge < -0.3 is 19.2 Å². The Hall–Kier alpha value is -4.08. The Balaban J connectivity index is 1.40. The van der Waals surface area contributed by atoms with Gasteiger partial charge in [0.25, 0.3) is 0 Å². The fraction of sp³-hybridized carbons (Fsp3) is 0.357. The highest BCUT2D eigenvalue weighted by atomic mass is 32.2. The van der Waals surface area contributed by atoms with E-state index < -0.39 is 33.9 Å². The van der Waals surface area contributed by atoms with Crippen LogP contribution in [-0.2, 0) is 38.9 Å². The maximum atomic E-state index is 14.5. The summed E-state index contributed by atoms with van der Waals surface area (Å²) in [6.45, 7) is 8.47. The number of amides is 1. The van der Waals surface area contributed by atoms with Gasteiger partial charge in [0.05, 0.1) is 18.4 Å². The smallest absolute Gasteiger partial charge is 0.410 e. The van der Waals surface area contributed by atoms with Gasteiger partial charge in [-0.15, -0.1) is 0 Å². The minimum absolute atomic E-state index is 0.0367. The molecule has 2 aliphatic heterocycles. The van der Waals surface area contributed by atoms with Gasteiger partial charge in [0.1, 0.15) is 24.3 Å². The zero-order valence-corrected chi connectivity index (χ0v) is 22.7. The molecule has 0 N–H and O–H groups in total. The first-order chi connectivity index (χ1) is 19.2. The molecular weight excluding hydrogens is 537 g/mol. The van der Waals surface area contributed by atoms with Crippen LogP contribution in [-0.4, -0.2) is 67.9 Å². The lowest BCUT2D eigenvalue weighted by atomic mass is 9.98. The number of anilines is 1. The van der Waals surface area contributed by atoms with E-state index in [2.05, 4.69) is 14.8 Å². The van der Waals surface area contributed by atoms with E-state index in [1.807, 2.05) is 35.2 Å². The molecule has 208 valence electrons. The predicted molar refractivity (Wildman–Crippen MR) is 144 cm³/mol. The van der Waals surface area contributed by atoms with Crippen molar-refractivity contribution >= 4 is 21.7 Å². The van der Waals surface area contributed by atoms with Crippen molar-refractivity contribution in [2.24, 2.45) is 0 Å². The molecule has 1 saturated heterocycles. The van der Waals surface area contributed by atoms with Crippen LogP contribution in [0.15, 0.2) is 59.8 Å². The van der Waals surface area contributed by atoms with Crippen molar-refractivity contribution in [1.82, 2.24) is 14.9 Å². The Labute approximate surface area is 232 Å². The Morgan fingerprint density at radius 3 is 2.62 bits per heavy atom. The number of rotatable bonds is 6. The number of benzene rings is 2. The number of ether oxygens (including phenoxy) is 2. The van der Waals surface area contributed by atoms with Crippen molar-refractivity contribution in [2.45, 2.75) is 36.9 Å². The van der Waals surface area contributed by atoms with Crippen LogP contribution in [0.2, 0.25) is 0 Å². The molecule has 12 heteroatoms. The average molecular weight is 566 g/mol. The van der Waals surface area contributed by atoms with Crippen molar-refractivity contribution < 1.29 is 27.1 Å². The first-order valence-electron chi connectivity index (χ1n) is 12.8. The number of aromatic nitrogens is 2. The number of carbonyl (C=O) groups excluding carboxylic acids is 1. The van der Waals surface area contributed by atoms with Crippen molar-refractivity contribution in [3.63, 3.8) is 0 Å². The molecule has 1 unspecified atom stereocenters. The van der Waals surface area contributed by atoms with Crippen molar-refractivity contribution in [1.29, 1.82) is 0 Å². The largest absolute Gasteiger partial charge is 0.445 e. The number of fused-ring (bicyclic) bond motifs is 1. The van der Waals surface area contributed by atoms with Crippen LogP contribution in [0.25, 0.3) is 4.85 Å². The van der Waals surface area contributed by atoms with E-state index in [1.54, 1.807) is 18.2 Å². The van der Waals surface area contributed by atoms with Crippen LogP contribution in [0.1, 0.15) is 28.5 Å². The molecule has 1 amide bonds. The molecule has 5 rings (SSSR count). The van der Waals surface area contributed by atoms with Gasteiger partial charge in [0.15, 0.2) is 0 Å².